The highest BCUT2D eigenvalue weighted by atomic mass is 16.6. The van der Waals surface area contributed by atoms with E-state index in [1.807, 2.05) is 0 Å². The van der Waals surface area contributed by atoms with E-state index in [1.54, 1.807) is 0 Å². The highest BCUT2D eigenvalue weighted by molar-refractivity contribution is 5.96. The van der Waals surface area contributed by atoms with Gasteiger partial charge < -0.3 is 14.6 Å². The molecule has 0 atom stereocenters. The molecule has 1 heterocycles. The Morgan fingerprint density at radius 3 is 2.62 bits per heavy atom. The second kappa shape index (κ2) is 7.69. The molecule has 1 amide bonds. The van der Waals surface area contributed by atoms with E-state index >= 15 is 0 Å². The van der Waals surface area contributed by atoms with E-state index in [-0.39, 0.29) is 16.8 Å². The summed E-state index contributed by atoms with van der Waals surface area (Å²) in [6.07, 6.45) is 0. The van der Waals surface area contributed by atoms with Gasteiger partial charge in [-0.25, -0.2) is 4.79 Å². The lowest BCUT2D eigenvalue weighted by atomic mass is 10.1. The number of nitro benzene ring substituents is 1. The van der Waals surface area contributed by atoms with Gasteiger partial charge in [0.25, 0.3) is 11.6 Å². The van der Waals surface area contributed by atoms with Crippen LogP contribution in [0.2, 0.25) is 0 Å². The molecule has 2 N–H and O–H groups in total. The first-order valence-corrected chi connectivity index (χ1v) is 7.80. The van der Waals surface area contributed by atoms with Crippen molar-refractivity contribution >= 4 is 22.6 Å². The highest BCUT2D eigenvalue weighted by Crippen LogP contribution is 2.20. The van der Waals surface area contributed by atoms with Crippen LogP contribution in [0.15, 0.2) is 33.5 Å². The average Bonchev–Trinajstić information content (AvgIpc) is 2.57. The van der Waals surface area contributed by atoms with Crippen LogP contribution in [-0.4, -0.2) is 37.0 Å². The molecule has 0 unspecified atom stereocenters. The van der Waals surface area contributed by atoms with Crippen molar-refractivity contribution in [2.24, 2.45) is 0 Å². The lowest BCUT2D eigenvalue weighted by Gasteiger charge is -2.15. The minimum atomic E-state index is -0.760. The molecule has 2 rings (SSSR count). The zero-order chi connectivity index (χ0) is 17.7. The number of rotatable bonds is 7. The number of hydrogen-bond donors (Lipinski definition) is 2. The molecule has 0 aliphatic heterocycles. The van der Waals surface area contributed by atoms with Crippen LogP contribution in [0.25, 0.3) is 11.0 Å². The lowest BCUT2D eigenvalue weighted by Crippen LogP contribution is -3.12. The standard InChI is InChI=1S/C16H19N3O5/c1-3-18(4-2)8-7-17-15(20)13-10-11-9-12(19(22)23)5-6-14(11)24-16(13)21/h5-6,9-10H,3-4,7-8H2,1-2H3,(H,17,20)/p+1. The molecule has 0 bridgehead atoms. The molecular weight excluding hydrogens is 314 g/mol. The Morgan fingerprint density at radius 1 is 1.29 bits per heavy atom. The summed E-state index contributed by atoms with van der Waals surface area (Å²) in [5.74, 6) is -0.538. The molecule has 0 spiro atoms. The van der Waals surface area contributed by atoms with Gasteiger partial charge in [0.2, 0.25) is 0 Å². The van der Waals surface area contributed by atoms with E-state index in [1.165, 1.54) is 29.2 Å². The fourth-order valence-corrected chi connectivity index (χ4v) is 2.43. The van der Waals surface area contributed by atoms with E-state index in [0.717, 1.165) is 19.6 Å². The van der Waals surface area contributed by atoms with Crippen molar-refractivity contribution in [2.45, 2.75) is 13.8 Å². The van der Waals surface area contributed by atoms with Gasteiger partial charge in [-0.2, -0.15) is 0 Å². The molecule has 0 saturated carbocycles. The number of nitrogens with one attached hydrogen (secondary N) is 2. The van der Waals surface area contributed by atoms with Gasteiger partial charge in [0.1, 0.15) is 11.1 Å². The van der Waals surface area contributed by atoms with Crippen molar-refractivity contribution in [3.8, 4) is 0 Å². The summed E-state index contributed by atoms with van der Waals surface area (Å²) < 4.78 is 5.07. The fraction of sp³-hybridized carbons (Fsp3) is 0.375. The molecule has 24 heavy (non-hydrogen) atoms. The summed E-state index contributed by atoms with van der Waals surface area (Å²) in [5.41, 5.74) is -0.843. The summed E-state index contributed by atoms with van der Waals surface area (Å²) in [5, 5.41) is 13.8. The fourth-order valence-electron chi connectivity index (χ4n) is 2.43. The average molecular weight is 334 g/mol. The van der Waals surface area contributed by atoms with Crippen LogP contribution in [0, 0.1) is 10.1 Å². The Hall–Kier alpha value is -2.74. The van der Waals surface area contributed by atoms with Crippen LogP contribution >= 0.6 is 0 Å². The highest BCUT2D eigenvalue weighted by Gasteiger charge is 2.16. The Balaban J connectivity index is 2.21. The number of non-ortho nitro benzene ring substituents is 1. The van der Waals surface area contributed by atoms with Crippen molar-refractivity contribution < 1.29 is 19.0 Å². The number of benzene rings is 1. The molecule has 1 aromatic carbocycles. The number of carbonyl (C=O) groups excluding carboxylic acids is 1. The summed E-state index contributed by atoms with van der Waals surface area (Å²) in [7, 11) is 0. The summed E-state index contributed by atoms with van der Waals surface area (Å²) in [6, 6.07) is 5.20. The first kappa shape index (κ1) is 17.6. The quantitative estimate of drug-likeness (QED) is 0.432. The number of amides is 1. The van der Waals surface area contributed by atoms with Crippen LogP contribution in [0.1, 0.15) is 24.2 Å². The number of nitrogens with zero attached hydrogens (tertiary/aromatic N) is 1. The minimum absolute atomic E-state index is 0.132. The predicted molar refractivity (Wildman–Crippen MR) is 88.4 cm³/mol. The number of fused-ring (bicyclic) bond motifs is 1. The summed E-state index contributed by atoms with van der Waals surface area (Å²) in [4.78, 5) is 35.7. The van der Waals surface area contributed by atoms with E-state index in [0.29, 0.717) is 11.9 Å². The van der Waals surface area contributed by atoms with Gasteiger partial charge in [0.05, 0.1) is 31.1 Å². The molecule has 8 heteroatoms. The van der Waals surface area contributed by atoms with Gasteiger partial charge in [-0.3, -0.25) is 14.9 Å². The third kappa shape index (κ3) is 3.96. The largest absolute Gasteiger partial charge is 0.422 e. The maximum Gasteiger partial charge on any atom is 0.349 e. The SMILES string of the molecule is CC[NH+](CC)CCNC(=O)c1cc2cc([N+](=O)[O-])ccc2oc1=O. The second-order valence-corrected chi connectivity index (χ2v) is 5.39. The number of hydrogen-bond acceptors (Lipinski definition) is 5. The van der Waals surface area contributed by atoms with E-state index in [2.05, 4.69) is 19.2 Å². The zero-order valence-corrected chi connectivity index (χ0v) is 13.6. The van der Waals surface area contributed by atoms with Crippen molar-refractivity contribution in [1.29, 1.82) is 0 Å². The third-order valence-electron chi connectivity index (χ3n) is 3.94. The first-order valence-electron chi connectivity index (χ1n) is 7.80. The van der Waals surface area contributed by atoms with Crippen LogP contribution < -0.4 is 15.8 Å². The second-order valence-electron chi connectivity index (χ2n) is 5.39. The van der Waals surface area contributed by atoms with Crippen molar-refractivity contribution in [2.75, 3.05) is 26.2 Å². The topological polar surface area (TPSA) is 107 Å². The molecule has 1 aromatic heterocycles. The van der Waals surface area contributed by atoms with Crippen LogP contribution in [0.4, 0.5) is 5.69 Å². The lowest BCUT2D eigenvalue weighted by molar-refractivity contribution is -0.895. The van der Waals surface area contributed by atoms with Crippen molar-refractivity contribution in [1.82, 2.24) is 5.32 Å². The van der Waals surface area contributed by atoms with E-state index in [4.69, 9.17) is 4.42 Å². The summed E-state index contributed by atoms with van der Waals surface area (Å²) >= 11 is 0. The Kier molecular flexibility index (Phi) is 5.64. The minimum Gasteiger partial charge on any atom is -0.422 e. The Labute approximate surface area is 138 Å². The molecular formula is C16H20N3O5+. The molecule has 0 saturated heterocycles. The molecule has 0 radical (unpaired) electrons. The Morgan fingerprint density at radius 2 is 2.00 bits per heavy atom. The first-order chi connectivity index (χ1) is 11.5. The number of quaternary nitrogens is 1. The molecule has 8 nitrogen and oxygen atoms in total. The number of nitro groups is 1. The maximum atomic E-state index is 12.2. The van der Waals surface area contributed by atoms with E-state index < -0.39 is 16.5 Å². The van der Waals surface area contributed by atoms with E-state index in [9.17, 15) is 19.7 Å². The van der Waals surface area contributed by atoms with Crippen LogP contribution in [0.5, 0.6) is 0 Å². The van der Waals surface area contributed by atoms with Gasteiger partial charge in [0, 0.05) is 17.5 Å². The zero-order valence-electron chi connectivity index (χ0n) is 13.6. The third-order valence-corrected chi connectivity index (χ3v) is 3.94. The summed E-state index contributed by atoms with van der Waals surface area (Å²) in [6.45, 7) is 7.21. The normalized spacial score (nSPS) is 11.0. The molecule has 0 fully saturated rings. The van der Waals surface area contributed by atoms with Gasteiger partial charge in [-0.05, 0) is 26.0 Å². The monoisotopic (exact) mass is 334 g/mol. The number of likely N-dealkylation sites (N-methyl/N-ethyl adjacent to an activating group) is 1. The van der Waals surface area contributed by atoms with Crippen LogP contribution in [-0.2, 0) is 0 Å². The van der Waals surface area contributed by atoms with Gasteiger partial charge >= 0.3 is 5.63 Å². The smallest absolute Gasteiger partial charge is 0.349 e. The number of carbonyl (C=O) groups is 1. The van der Waals surface area contributed by atoms with Crippen molar-refractivity contribution in [3.63, 3.8) is 0 Å². The van der Waals surface area contributed by atoms with Gasteiger partial charge in [0.15, 0.2) is 0 Å². The van der Waals surface area contributed by atoms with Gasteiger partial charge in [-0.15, -0.1) is 0 Å². The predicted octanol–water partition coefficient (Wildman–Crippen LogP) is 0.356. The molecule has 0 aliphatic rings. The molecule has 0 aliphatic carbocycles. The molecule has 2 aromatic rings. The molecule has 128 valence electrons. The Bertz CT molecular complexity index is 811. The van der Waals surface area contributed by atoms with Crippen LogP contribution in [0.3, 0.4) is 0 Å². The van der Waals surface area contributed by atoms with Gasteiger partial charge in [-0.1, -0.05) is 0 Å². The maximum absolute atomic E-state index is 12.2. The van der Waals surface area contributed by atoms with Crippen molar-refractivity contribution in [3.05, 3.63) is 50.4 Å².